The van der Waals surface area contributed by atoms with Gasteiger partial charge in [-0.2, -0.15) is 0 Å². The zero-order chi connectivity index (χ0) is 19.8. The van der Waals surface area contributed by atoms with E-state index in [4.69, 9.17) is 10.2 Å². The van der Waals surface area contributed by atoms with Crippen LogP contribution in [0.25, 0.3) is 0 Å². The van der Waals surface area contributed by atoms with Gasteiger partial charge in [-0.25, -0.2) is 4.79 Å². The molecular formula is C18H32N2O6. The summed E-state index contributed by atoms with van der Waals surface area (Å²) in [4.78, 5) is 44.3. The van der Waals surface area contributed by atoms with E-state index in [9.17, 15) is 19.2 Å². The van der Waals surface area contributed by atoms with Crippen LogP contribution in [0, 0.1) is 0 Å². The van der Waals surface area contributed by atoms with Crippen molar-refractivity contribution in [3.05, 3.63) is 0 Å². The van der Waals surface area contributed by atoms with Gasteiger partial charge in [0.25, 0.3) is 5.91 Å². The van der Waals surface area contributed by atoms with Crippen LogP contribution in [0.4, 0.5) is 0 Å². The largest absolute Gasteiger partial charge is 0.481 e. The average Bonchev–Trinajstić information content (AvgIpc) is 2.59. The summed E-state index contributed by atoms with van der Waals surface area (Å²) in [5.74, 6) is -3.28. The minimum Gasteiger partial charge on any atom is -0.481 e. The minimum atomic E-state index is -1.54. The summed E-state index contributed by atoms with van der Waals surface area (Å²) < 4.78 is 0. The lowest BCUT2D eigenvalue weighted by Gasteiger charge is -2.12. The maximum atomic E-state index is 11.7. The summed E-state index contributed by atoms with van der Waals surface area (Å²) >= 11 is 0. The summed E-state index contributed by atoms with van der Waals surface area (Å²) in [7, 11) is 1.32. The number of unbranched alkanes of at least 4 members (excludes halogenated alkanes) is 9. The minimum absolute atomic E-state index is 0.213. The van der Waals surface area contributed by atoms with Crippen LogP contribution in [0.1, 0.15) is 77.0 Å². The number of hydrogen-bond donors (Lipinski definition) is 4. The topological polar surface area (TPSA) is 133 Å². The van der Waals surface area contributed by atoms with Gasteiger partial charge in [0.1, 0.15) is 0 Å². The SMILES string of the molecule is CNC(=O)C(NC(=O)CCCCCCCCCCCCC(=O)O)C(=O)O. The van der Waals surface area contributed by atoms with Crippen LogP contribution in [0.5, 0.6) is 0 Å². The molecule has 26 heavy (non-hydrogen) atoms. The molecule has 0 saturated carbocycles. The summed E-state index contributed by atoms with van der Waals surface area (Å²) in [6.45, 7) is 0. The van der Waals surface area contributed by atoms with Crippen molar-refractivity contribution in [3.63, 3.8) is 0 Å². The summed E-state index contributed by atoms with van der Waals surface area (Å²) in [5, 5.41) is 21.9. The molecule has 0 aliphatic rings. The number of carboxylic acids is 2. The molecule has 0 rings (SSSR count). The van der Waals surface area contributed by atoms with Gasteiger partial charge in [-0.15, -0.1) is 0 Å². The molecule has 0 aromatic heterocycles. The number of nitrogens with one attached hydrogen (secondary N) is 2. The standard InChI is InChI=1S/C18H32N2O6/c1-19-17(24)16(18(25)26)20-14(21)12-10-8-6-4-2-3-5-7-9-11-13-15(22)23/h16H,2-13H2,1H3,(H,19,24)(H,20,21)(H,22,23)(H,25,26). The highest BCUT2D eigenvalue weighted by Crippen LogP contribution is 2.12. The first kappa shape index (κ1) is 23.9. The average molecular weight is 372 g/mol. The summed E-state index contributed by atoms with van der Waals surface area (Å²) in [5.41, 5.74) is 0. The highest BCUT2D eigenvalue weighted by Gasteiger charge is 2.26. The Morgan fingerprint density at radius 3 is 1.54 bits per heavy atom. The number of amides is 2. The van der Waals surface area contributed by atoms with Crippen LogP contribution < -0.4 is 10.6 Å². The fourth-order valence-corrected chi connectivity index (χ4v) is 2.59. The zero-order valence-electron chi connectivity index (χ0n) is 15.6. The second-order valence-corrected chi connectivity index (χ2v) is 6.38. The smallest absolute Gasteiger partial charge is 0.336 e. The van der Waals surface area contributed by atoms with Crippen LogP contribution in [0.3, 0.4) is 0 Å². The first-order chi connectivity index (χ1) is 12.4. The molecule has 150 valence electrons. The molecule has 0 saturated heterocycles. The van der Waals surface area contributed by atoms with Gasteiger partial charge in [-0.3, -0.25) is 14.4 Å². The van der Waals surface area contributed by atoms with Crippen molar-refractivity contribution in [1.29, 1.82) is 0 Å². The van der Waals surface area contributed by atoms with Gasteiger partial charge in [-0.1, -0.05) is 51.4 Å². The Balaban J connectivity index is 3.54. The van der Waals surface area contributed by atoms with E-state index in [-0.39, 0.29) is 12.8 Å². The van der Waals surface area contributed by atoms with Crippen molar-refractivity contribution in [3.8, 4) is 0 Å². The third-order valence-electron chi connectivity index (χ3n) is 4.11. The third-order valence-corrected chi connectivity index (χ3v) is 4.11. The van der Waals surface area contributed by atoms with E-state index in [1.807, 2.05) is 0 Å². The summed E-state index contributed by atoms with van der Waals surface area (Å²) in [6.07, 6.45) is 10.3. The number of likely N-dealkylation sites (N-methyl/N-ethyl adjacent to an activating group) is 1. The van der Waals surface area contributed by atoms with Gasteiger partial charge >= 0.3 is 11.9 Å². The van der Waals surface area contributed by atoms with E-state index in [0.717, 1.165) is 57.8 Å². The van der Waals surface area contributed by atoms with Crippen molar-refractivity contribution in [2.24, 2.45) is 0 Å². The molecule has 0 aromatic carbocycles. The van der Waals surface area contributed by atoms with Gasteiger partial charge in [0.05, 0.1) is 0 Å². The molecule has 0 heterocycles. The van der Waals surface area contributed by atoms with E-state index >= 15 is 0 Å². The predicted octanol–water partition coefficient (Wildman–Crippen LogP) is 2.07. The van der Waals surface area contributed by atoms with Crippen LogP contribution >= 0.6 is 0 Å². The van der Waals surface area contributed by atoms with E-state index in [0.29, 0.717) is 6.42 Å². The number of carbonyl (C=O) groups is 4. The Morgan fingerprint density at radius 2 is 1.15 bits per heavy atom. The van der Waals surface area contributed by atoms with Crippen LogP contribution in [0.2, 0.25) is 0 Å². The Bertz CT molecular complexity index is 453. The molecule has 0 aliphatic heterocycles. The van der Waals surface area contributed by atoms with E-state index in [1.54, 1.807) is 0 Å². The Morgan fingerprint density at radius 1 is 0.731 bits per heavy atom. The van der Waals surface area contributed by atoms with Gasteiger partial charge in [0.2, 0.25) is 11.9 Å². The quantitative estimate of drug-likeness (QED) is 0.242. The predicted molar refractivity (Wildman–Crippen MR) is 96.7 cm³/mol. The van der Waals surface area contributed by atoms with Crippen molar-refractivity contribution >= 4 is 23.8 Å². The highest BCUT2D eigenvalue weighted by atomic mass is 16.4. The normalized spacial score (nSPS) is 11.6. The number of aliphatic carboxylic acids is 2. The van der Waals surface area contributed by atoms with Crippen LogP contribution in [-0.4, -0.2) is 47.1 Å². The molecule has 1 atom stereocenters. The van der Waals surface area contributed by atoms with Crippen molar-refractivity contribution in [2.75, 3.05) is 7.05 Å². The number of hydrogen-bond acceptors (Lipinski definition) is 4. The molecule has 0 spiro atoms. The number of carboxylic acid groups (broad SMARTS) is 2. The van der Waals surface area contributed by atoms with Crippen LogP contribution in [-0.2, 0) is 19.2 Å². The van der Waals surface area contributed by atoms with Gasteiger partial charge in [0, 0.05) is 19.9 Å². The molecule has 0 fully saturated rings. The van der Waals surface area contributed by atoms with Gasteiger partial charge in [0.15, 0.2) is 0 Å². The van der Waals surface area contributed by atoms with Crippen LogP contribution in [0.15, 0.2) is 0 Å². The Kier molecular flexibility index (Phi) is 13.9. The fraction of sp³-hybridized carbons (Fsp3) is 0.778. The maximum absolute atomic E-state index is 11.7. The number of carbonyl (C=O) groups excluding carboxylic acids is 2. The molecular weight excluding hydrogens is 340 g/mol. The van der Waals surface area contributed by atoms with Crippen molar-refractivity contribution in [2.45, 2.75) is 83.1 Å². The molecule has 0 aliphatic carbocycles. The first-order valence-electron chi connectivity index (χ1n) is 9.34. The van der Waals surface area contributed by atoms with E-state index < -0.39 is 29.8 Å². The lowest BCUT2D eigenvalue weighted by Crippen LogP contribution is -2.50. The van der Waals surface area contributed by atoms with E-state index in [2.05, 4.69) is 10.6 Å². The maximum Gasteiger partial charge on any atom is 0.336 e. The van der Waals surface area contributed by atoms with Crippen molar-refractivity contribution < 1.29 is 29.4 Å². The molecule has 1 unspecified atom stereocenters. The molecule has 2 amide bonds. The highest BCUT2D eigenvalue weighted by molar-refractivity contribution is 6.03. The van der Waals surface area contributed by atoms with Gasteiger partial charge < -0.3 is 20.8 Å². The molecule has 0 radical (unpaired) electrons. The fourth-order valence-electron chi connectivity index (χ4n) is 2.59. The first-order valence-corrected chi connectivity index (χ1v) is 9.34. The number of rotatable bonds is 16. The molecule has 8 nitrogen and oxygen atoms in total. The second kappa shape index (κ2) is 15.2. The Hall–Kier alpha value is -2.12. The molecule has 8 heteroatoms. The monoisotopic (exact) mass is 372 g/mol. The Labute approximate surface area is 154 Å². The van der Waals surface area contributed by atoms with Gasteiger partial charge in [-0.05, 0) is 12.8 Å². The van der Waals surface area contributed by atoms with Crippen molar-refractivity contribution in [1.82, 2.24) is 10.6 Å². The molecule has 0 bridgehead atoms. The lowest BCUT2D eigenvalue weighted by atomic mass is 10.0. The molecule has 4 N–H and O–H groups in total. The van der Waals surface area contributed by atoms with E-state index in [1.165, 1.54) is 7.05 Å². The third kappa shape index (κ3) is 13.2. The second-order valence-electron chi connectivity index (χ2n) is 6.38. The zero-order valence-corrected chi connectivity index (χ0v) is 15.6. The summed E-state index contributed by atoms with van der Waals surface area (Å²) in [6, 6.07) is -1.54. The molecule has 0 aromatic rings. The lowest BCUT2D eigenvalue weighted by molar-refractivity contribution is -0.146.